The summed E-state index contributed by atoms with van der Waals surface area (Å²) in [6.07, 6.45) is 7.27. The summed E-state index contributed by atoms with van der Waals surface area (Å²) in [5, 5.41) is 8.57. The molecule has 3 aromatic heterocycles. The lowest BCUT2D eigenvalue weighted by Crippen LogP contribution is -2.39. The Morgan fingerprint density at radius 3 is 3.00 bits per heavy atom. The molecule has 3 aromatic rings. The second-order valence-corrected chi connectivity index (χ2v) is 5.82. The van der Waals surface area contributed by atoms with Crippen molar-refractivity contribution in [2.45, 2.75) is 18.8 Å². The monoisotopic (exact) mass is 307 g/mol. The smallest absolute Gasteiger partial charge is 0.255 e. The third-order valence-electron chi connectivity index (χ3n) is 4.32. The molecule has 6 heteroatoms. The Balaban J connectivity index is 1.59. The minimum atomic E-state index is 0.0385. The molecule has 0 saturated carbocycles. The van der Waals surface area contributed by atoms with Gasteiger partial charge >= 0.3 is 0 Å². The van der Waals surface area contributed by atoms with Crippen LogP contribution in [0.15, 0.2) is 48.9 Å². The van der Waals surface area contributed by atoms with E-state index in [1.807, 2.05) is 39.8 Å². The first-order valence-electron chi connectivity index (χ1n) is 7.82. The Morgan fingerprint density at radius 1 is 1.17 bits per heavy atom. The van der Waals surface area contributed by atoms with Gasteiger partial charge in [-0.05, 0) is 37.1 Å². The maximum Gasteiger partial charge on any atom is 0.255 e. The Labute approximate surface area is 133 Å². The van der Waals surface area contributed by atoms with Gasteiger partial charge in [-0.3, -0.25) is 14.2 Å². The fourth-order valence-corrected chi connectivity index (χ4v) is 3.18. The molecule has 4 heterocycles. The molecular weight excluding hydrogens is 290 g/mol. The zero-order valence-electron chi connectivity index (χ0n) is 12.7. The summed E-state index contributed by atoms with van der Waals surface area (Å²) < 4.78 is 2.02. The molecule has 116 valence electrons. The molecule has 0 aromatic carbocycles. The van der Waals surface area contributed by atoms with Crippen molar-refractivity contribution in [2.24, 2.45) is 0 Å². The van der Waals surface area contributed by atoms with Crippen molar-refractivity contribution in [1.82, 2.24) is 24.5 Å². The van der Waals surface area contributed by atoms with Crippen LogP contribution in [0.2, 0.25) is 0 Å². The number of carbonyl (C=O) groups excluding carboxylic acids is 1. The molecule has 0 radical (unpaired) electrons. The van der Waals surface area contributed by atoms with Crippen molar-refractivity contribution in [3.05, 3.63) is 60.3 Å². The lowest BCUT2D eigenvalue weighted by Gasteiger charge is -2.32. The fraction of sp³-hybridized carbons (Fsp3) is 0.294. The highest BCUT2D eigenvalue weighted by Crippen LogP contribution is 2.26. The van der Waals surface area contributed by atoms with Crippen LogP contribution in [0, 0.1) is 0 Å². The molecule has 0 aliphatic carbocycles. The lowest BCUT2D eigenvalue weighted by atomic mass is 9.96. The van der Waals surface area contributed by atoms with Gasteiger partial charge in [-0.25, -0.2) is 0 Å². The van der Waals surface area contributed by atoms with Crippen LogP contribution in [-0.4, -0.2) is 43.5 Å². The van der Waals surface area contributed by atoms with Gasteiger partial charge < -0.3 is 4.90 Å². The van der Waals surface area contributed by atoms with E-state index in [-0.39, 0.29) is 11.8 Å². The van der Waals surface area contributed by atoms with Crippen molar-refractivity contribution in [2.75, 3.05) is 13.1 Å². The van der Waals surface area contributed by atoms with Gasteiger partial charge in [0.1, 0.15) is 5.82 Å². The van der Waals surface area contributed by atoms with E-state index in [0.29, 0.717) is 12.1 Å². The van der Waals surface area contributed by atoms with Gasteiger partial charge in [0.25, 0.3) is 5.91 Å². The fourth-order valence-electron chi connectivity index (χ4n) is 3.18. The van der Waals surface area contributed by atoms with E-state index in [1.54, 1.807) is 18.5 Å². The number of aromatic nitrogens is 4. The molecule has 1 atom stereocenters. The number of piperidine rings is 1. The zero-order valence-corrected chi connectivity index (χ0v) is 12.7. The third kappa shape index (κ3) is 2.56. The predicted octanol–water partition coefficient (Wildman–Crippen LogP) is 2.14. The van der Waals surface area contributed by atoms with Crippen molar-refractivity contribution in [1.29, 1.82) is 0 Å². The van der Waals surface area contributed by atoms with E-state index < -0.39 is 0 Å². The van der Waals surface area contributed by atoms with Crippen molar-refractivity contribution >= 4 is 11.6 Å². The Morgan fingerprint density at radius 2 is 2.13 bits per heavy atom. The summed E-state index contributed by atoms with van der Waals surface area (Å²) in [5.74, 6) is 1.18. The molecule has 0 bridgehead atoms. The van der Waals surface area contributed by atoms with Gasteiger partial charge in [0.05, 0.1) is 5.56 Å². The third-order valence-corrected chi connectivity index (χ3v) is 4.32. The molecule has 1 aliphatic rings. The molecule has 23 heavy (non-hydrogen) atoms. The number of hydrogen-bond donors (Lipinski definition) is 0. The van der Waals surface area contributed by atoms with E-state index in [1.165, 1.54) is 0 Å². The van der Waals surface area contributed by atoms with Crippen LogP contribution >= 0.6 is 0 Å². The summed E-state index contributed by atoms with van der Waals surface area (Å²) in [4.78, 5) is 18.6. The second kappa shape index (κ2) is 5.79. The Bertz CT molecular complexity index is 829. The van der Waals surface area contributed by atoms with Gasteiger partial charge in [-0.15, -0.1) is 10.2 Å². The molecule has 1 fully saturated rings. The van der Waals surface area contributed by atoms with Crippen LogP contribution in [0.1, 0.15) is 34.9 Å². The van der Waals surface area contributed by atoms with Crippen LogP contribution in [0.4, 0.5) is 0 Å². The minimum Gasteiger partial charge on any atom is -0.338 e. The van der Waals surface area contributed by atoms with Crippen LogP contribution in [0.25, 0.3) is 5.65 Å². The highest BCUT2D eigenvalue weighted by Gasteiger charge is 2.28. The molecule has 1 aliphatic heterocycles. The summed E-state index contributed by atoms with van der Waals surface area (Å²) in [6.45, 7) is 1.45. The molecule has 1 amide bonds. The van der Waals surface area contributed by atoms with Crippen molar-refractivity contribution in [3.63, 3.8) is 0 Å². The maximum absolute atomic E-state index is 12.6. The molecule has 1 unspecified atom stereocenters. The van der Waals surface area contributed by atoms with E-state index in [0.717, 1.165) is 30.9 Å². The first kappa shape index (κ1) is 13.9. The highest BCUT2D eigenvalue weighted by atomic mass is 16.2. The Hall–Kier alpha value is -2.76. The van der Waals surface area contributed by atoms with Gasteiger partial charge in [0, 0.05) is 37.6 Å². The second-order valence-electron chi connectivity index (χ2n) is 5.82. The number of fused-ring (bicyclic) bond motifs is 1. The van der Waals surface area contributed by atoms with Crippen LogP contribution < -0.4 is 0 Å². The number of nitrogens with zero attached hydrogens (tertiary/aromatic N) is 5. The number of pyridine rings is 2. The quantitative estimate of drug-likeness (QED) is 0.727. The number of likely N-dealkylation sites (tertiary alicyclic amines) is 1. The first-order chi connectivity index (χ1) is 11.3. The lowest BCUT2D eigenvalue weighted by molar-refractivity contribution is 0.0703. The standard InChI is InChI=1S/C17H17N5O/c23-17(13-5-3-8-18-11-13)21-9-4-6-14(12-21)16-20-19-15-7-1-2-10-22(15)16/h1-3,5,7-8,10-11,14H,4,6,9,12H2. The summed E-state index contributed by atoms with van der Waals surface area (Å²) in [7, 11) is 0. The zero-order chi connectivity index (χ0) is 15.6. The van der Waals surface area contributed by atoms with Crippen molar-refractivity contribution in [3.8, 4) is 0 Å². The van der Waals surface area contributed by atoms with E-state index in [9.17, 15) is 4.79 Å². The molecular formula is C17H17N5O. The van der Waals surface area contributed by atoms with Crippen LogP contribution in [0.3, 0.4) is 0 Å². The normalized spacial score (nSPS) is 18.3. The van der Waals surface area contributed by atoms with Crippen LogP contribution in [0.5, 0.6) is 0 Å². The largest absolute Gasteiger partial charge is 0.338 e. The summed E-state index contributed by atoms with van der Waals surface area (Å²) in [5.41, 5.74) is 1.48. The number of hydrogen-bond acceptors (Lipinski definition) is 4. The average Bonchev–Trinajstić information content (AvgIpc) is 3.06. The van der Waals surface area contributed by atoms with E-state index >= 15 is 0 Å². The van der Waals surface area contributed by atoms with Gasteiger partial charge in [-0.2, -0.15) is 0 Å². The van der Waals surface area contributed by atoms with Gasteiger partial charge in [0.15, 0.2) is 5.65 Å². The maximum atomic E-state index is 12.6. The van der Waals surface area contributed by atoms with E-state index in [2.05, 4.69) is 15.2 Å². The van der Waals surface area contributed by atoms with Crippen molar-refractivity contribution < 1.29 is 4.79 Å². The Kier molecular flexibility index (Phi) is 3.49. The minimum absolute atomic E-state index is 0.0385. The summed E-state index contributed by atoms with van der Waals surface area (Å²) in [6, 6.07) is 9.47. The molecule has 4 rings (SSSR count). The summed E-state index contributed by atoms with van der Waals surface area (Å²) >= 11 is 0. The molecule has 0 spiro atoms. The molecule has 0 N–H and O–H groups in total. The van der Waals surface area contributed by atoms with Gasteiger partial charge in [0.2, 0.25) is 0 Å². The van der Waals surface area contributed by atoms with E-state index in [4.69, 9.17) is 0 Å². The topological polar surface area (TPSA) is 63.4 Å². The molecule has 1 saturated heterocycles. The predicted molar refractivity (Wildman–Crippen MR) is 85.1 cm³/mol. The van der Waals surface area contributed by atoms with Gasteiger partial charge in [-0.1, -0.05) is 6.07 Å². The number of carbonyl (C=O) groups is 1. The SMILES string of the molecule is O=C(c1cccnc1)N1CCCC(c2nnc3ccccn23)C1. The molecule has 6 nitrogen and oxygen atoms in total. The number of amides is 1. The number of rotatable bonds is 2. The highest BCUT2D eigenvalue weighted by molar-refractivity contribution is 5.93. The van der Waals surface area contributed by atoms with Crippen LogP contribution in [-0.2, 0) is 0 Å². The first-order valence-corrected chi connectivity index (χ1v) is 7.82. The average molecular weight is 307 g/mol.